The van der Waals surface area contributed by atoms with E-state index in [0.717, 1.165) is 10.9 Å². The summed E-state index contributed by atoms with van der Waals surface area (Å²) in [4.78, 5) is 26.0. The fraction of sp³-hybridized carbons (Fsp3) is 0.600. The first-order chi connectivity index (χ1) is 9.93. The van der Waals surface area contributed by atoms with Gasteiger partial charge in [-0.3, -0.25) is 4.79 Å². The zero-order valence-corrected chi connectivity index (χ0v) is 10.8. The average molecular weight is 301 g/mol. The van der Waals surface area contributed by atoms with Crippen LogP contribution in [-0.4, -0.2) is 67.5 Å². The van der Waals surface area contributed by atoms with Gasteiger partial charge in [0.15, 0.2) is 12.0 Å². The molecule has 1 aliphatic rings. The summed E-state index contributed by atoms with van der Waals surface area (Å²) in [5.41, 5.74) is 4.07. The van der Waals surface area contributed by atoms with E-state index in [1.54, 1.807) is 0 Å². The first kappa shape index (κ1) is 15.3. The summed E-state index contributed by atoms with van der Waals surface area (Å²) in [6, 6.07) is 0. The number of hydrogen-bond donors (Lipinski definition) is 5. The molecule has 2 heterocycles. The molecule has 1 aliphatic heterocycles. The highest BCUT2D eigenvalue weighted by molar-refractivity contribution is 5.78. The Morgan fingerprint density at radius 3 is 2.71 bits per heavy atom. The van der Waals surface area contributed by atoms with Gasteiger partial charge in [-0.25, -0.2) is 4.79 Å². The van der Waals surface area contributed by atoms with Crippen molar-refractivity contribution in [1.29, 1.82) is 0 Å². The molecule has 21 heavy (non-hydrogen) atoms. The van der Waals surface area contributed by atoms with Gasteiger partial charge in [-0.2, -0.15) is 14.8 Å². The molecule has 11 nitrogen and oxygen atoms in total. The van der Waals surface area contributed by atoms with Gasteiger partial charge in [-0.1, -0.05) is 0 Å². The molecule has 0 saturated carbocycles. The van der Waals surface area contributed by atoms with Crippen molar-refractivity contribution in [3.63, 3.8) is 0 Å². The number of nitrogens with two attached hydrogens (primary N) is 1. The summed E-state index contributed by atoms with van der Waals surface area (Å²) in [6.07, 6.45) is -3.92. The standard InChI is InChI=1S/C10H15N5O6/c11-5(17)1-12-6-2-13-15(10(20)14-6)9-8(19)7(18)4(3-16)21-9/h2,4,7-9,16,18-19H,1,3H2,(H2,11,17)(H,12,14,20)/t4-,7+,8+,9+/m0/s1. The van der Waals surface area contributed by atoms with Gasteiger partial charge in [0.25, 0.3) is 0 Å². The van der Waals surface area contributed by atoms with Crippen LogP contribution in [0.15, 0.2) is 11.0 Å². The Bertz CT molecular complexity index is 577. The predicted molar refractivity (Wildman–Crippen MR) is 67.0 cm³/mol. The van der Waals surface area contributed by atoms with E-state index in [4.69, 9.17) is 15.6 Å². The summed E-state index contributed by atoms with van der Waals surface area (Å²) >= 11 is 0. The van der Waals surface area contributed by atoms with Crippen LogP contribution in [0.3, 0.4) is 0 Å². The van der Waals surface area contributed by atoms with Gasteiger partial charge in [0.05, 0.1) is 19.3 Å². The number of nitrogens with one attached hydrogen (secondary N) is 1. The maximum atomic E-state index is 11.8. The lowest BCUT2D eigenvalue weighted by molar-refractivity contribution is -0.116. The largest absolute Gasteiger partial charge is 0.394 e. The van der Waals surface area contributed by atoms with Gasteiger partial charge in [-0.05, 0) is 0 Å². The lowest BCUT2D eigenvalue weighted by Crippen LogP contribution is -2.37. The number of anilines is 1. The number of aliphatic hydroxyl groups excluding tert-OH is 3. The number of amides is 1. The number of carbonyl (C=O) groups excluding carboxylic acids is 1. The Morgan fingerprint density at radius 2 is 2.19 bits per heavy atom. The van der Waals surface area contributed by atoms with Crippen LogP contribution in [-0.2, 0) is 9.53 Å². The number of rotatable bonds is 5. The van der Waals surface area contributed by atoms with E-state index in [1.807, 2.05) is 0 Å². The Morgan fingerprint density at radius 1 is 1.48 bits per heavy atom. The second-order valence-corrected chi connectivity index (χ2v) is 4.42. The average Bonchev–Trinajstić information content (AvgIpc) is 2.73. The Balaban J connectivity index is 2.18. The lowest BCUT2D eigenvalue weighted by atomic mass is 10.1. The molecule has 4 atom stereocenters. The van der Waals surface area contributed by atoms with Crippen LogP contribution >= 0.6 is 0 Å². The highest BCUT2D eigenvalue weighted by atomic mass is 16.6. The van der Waals surface area contributed by atoms with Gasteiger partial charge in [0, 0.05) is 0 Å². The Kier molecular flexibility index (Phi) is 4.47. The number of carbonyl (C=O) groups is 1. The maximum absolute atomic E-state index is 11.8. The van der Waals surface area contributed by atoms with Gasteiger partial charge in [-0.15, -0.1) is 0 Å². The minimum Gasteiger partial charge on any atom is -0.394 e. The van der Waals surface area contributed by atoms with Gasteiger partial charge in [0.1, 0.15) is 18.3 Å². The van der Waals surface area contributed by atoms with E-state index in [-0.39, 0.29) is 12.4 Å². The molecule has 116 valence electrons. The van der Waals surface area contributed by atoms with Gasteiger partial charge < -0.3 is 31.1 Å². The van der Waals surface area contributed by atoms with Crippen molar-refractivity contribution in [2.75, 3.05) is 18.5 Å². The third-order valence-corrected chi connectivity index (χ3v) is 2.92. The first-order valence-corrected chi connectivity index (χ1v) is 6.04. The number of primary amides is 1. The fourth-order valence-corrected chi connectivity index (χ4v) is 1.87. The van der Waals surface area contributed by atoms with E-state index >= 15 is 0 Å². The van der Waals surface area contributed by atoms with Crippen molar-refractivity contribution in [2.24, 2.45) is 5.73 Å². The van der Waals surface area contributed by atoms with Crippen molar-refractivity contribution in [3.05, 3.63) is 16.7 Å². The summed E-state index contributed by atoms with van der Waals surface area (Å²) in [5.74, 6) is -0.605. The zero-order valence-electron chi connectivity index (χ0n) is 10.8. The van der Waals surface area contributed by atoms with E-state index in [1.165, 1.54) is 0 Å². The van der Waals surface area contributed by atoms with Crippen molar-refractivity contribution in [2.45, 2.75) is 24.5 Å². The number of ether oxygens (including phenoxy) is 1. The Labute approximate surface area is 118 Å². The second kappa shape index (κ2) is 6.13. The van der Waals surface area contributed by atoms with Crippen molar-refractivity contribution in [1.82, 2.24) is 14.8 Å². The van der Waals surface area contributed by atoms with Crippen LogP contribution in [0.25, 0.3) is 0 Å². The summed E-state index contributed by atoms with van der Waals surface area (Å²) in [6.45, 7) is -0.735. The number of aliphatic hydroxyl groups is 3. The van der Waals surface area contributed by atoms with Crippen LogP contribution in [0.1, 0.15) is 6.23 Å². The highest BCUT2D eigenvalue weighted by Crippen LogP contribution is 2.27. The second-order valence-electron chi connectivity index (χ2n) is 4.42. The monoisotopic (exact) mass is 301 g/mol. The van der Waals surface area contributed by atoms with Crippen molar-refractivity contribution >= 4 is 11.7 Å². The molecule has 0 aliphatic carbocycles. The molecular formula is C10H15N5O6. The molecule has 2 rings (SSSR count). The van der Waals surface area contributed by atoms with Crippen LogP contribution in [0.4, 0.5) is 5.82 Å². The fourth-order valence-electron chi connectivity index (χ4n) is 1.87. The molecule has 0 aromatic carbocycles. The third kappa shape index (κ3) is 3.16. The molecule has 1 fully saturated rings. The number of aromatic nitrogens is 3. The minimum absolute atomic E-state index is 0.0294. The quantitative estimate of drug-likeness (QED) is 0.365. The topological polar surface area (TPSA) is 173 Å². The molecule has 11 heteroatoms. The zero-order chi connectivity index (χ0) is 15.6. The molecule has 0 spiro atoms. The van der Waals surface area contributed by atoms with E-state index in [2.05, 4.69) is 15.4 Å². The first-order valence-electron chi connectivity index (χ1n) is 6.04. The maximum Gasteiger partial charge on any atom is 0.368 e. The number of hydrogen-bond acceptors (Lipinski definition) is 9. The Hall–Kier alpha value is -2.08. The molecule has 1 saturated heterocycles. The van der Waals surface area contributed by atoms with Gasteiger partial charge >= 0.3 is 5.69 Å². The van der Waals surface area contributed by atoms with E-state index in [9.17, 15) is 19.8 Å². The normalized spacial score (nSPS) is 28.5. The predicted octanol–water partition coefficient (Wildman–Crippen LogP) is -3.85. The van der Waals surface area contributed by atoms with E-state index in [0.29, 0.717) is 0 Å². The van der Waals surface area contributed by atoms with Crippen LogP contribution in [0, 0.1) is 0 Å². The molecule has 6 N–H and O–H groups in total. The molecule has 1 amide bonds. The smallest absolute Gasteiger partial charge is 0.368 e. The molecule has 0 unspecified atom stereocenters. The lowest BCUT2D eigenvalue weighted by Gasteiger charge is -2.15. The van der Waals surface area contributed by atoms with Crippen molar-refractivity contribution < 1.29 is 24.9 Å². The third-order valence-electron chi connectivity index (χ3n) is 2.92. The summed E-state index contributed by atoms with van der Waals surface area (Å²) in [7, 11) is 0. The van der Waals surface area contributed by atoms with Crippen LogP contribution in [0.5, 0.6) is 0 Å². The SMILES string of the molecule is NC(=O)CNc1cnn([C@@H]2O[C@@H](CO)[C@@H](O)[C@H]2O)c(=O)n1. The molecule has 1 aromatic heterocycles. The number of nitrogens with zero attached hydrogens (tertiary/aromatic N) is 3. The van der Waals surface area contributed by atoms with Crippen LogP contribution in [0.2, 0.25) is 0 Å². The molecular weight excluding hydrogens is 286 g/mol. The van der Waals surface area contributed by atoms with Crippen molar-refractivity contribution in [3.8, 4) is 0 Å². The van der Waals surface area contributed by atoms with Gasteiger partial charge in [0.2, 0.25) is 5.91 Å². The molecule has 1 aromatic rings. The minimum atomic E-state index is -1.43. The molecule has 0 bridgehead atoms. The highest BCUT2D eigenvalue weighted by Gasteiger charge is 2.44. The van der Waals surface area contributed by atoms with E-state index < -0.39 is 42.7 Å². The van der Waals surface area contributed by atoms with Crippen LogP contribution < -0.4 is 16.7 Å². The summed E-state index contributed by atoms with van der Waals surface area (Å²) < 4.78 is 5.89. The molecule has 0 radical (unpaired) electrons. The summed E-state index contributed by atoms with van der Waals surface area (Å²) in [5, 5.41) is 34.6.